The maximum Gasteiger partial charge on any atom is 0.326 e. The number of phenolic OH excluding ortho intramolecular Hbond substituents is 1. The van der Waals surface area contributed by atoms with Crippen molar-refractivity contribution in [2.24, 2.45) is 11.7 Å². The van der Waals surface area contributed by atoms with Gasteiger partial charge in [-0.1, -0.05) is 50.6 Å². The average molecular weight is 610 g/mol. The molecule has 0 aliphatic carbocycles. The fourth-order valence-electron chi connectivity index (χ4n) is 4.73. The second kappa shape index (κ2) is 15.5. The number of nitrogens with one attached hydrogen (secondary N) is 4. The zero-order valence-electron chi connectivity index (χ0n) is 24.6. The Labute approximate surface area is 254 Å². The number of carbonyl (C=O) groups is 5. The van der Waals surface area contributed by atoms with Crippen molar-refractivity contribution in [3.05, 3.63) is 65.9 Å². The van der Waals surface area contributed by atoms with Crippen LogP contribution in [0.2, 0.25) is 0 Å². The number of hydrogen-bond acceptors (Lipinski definition) is 7. The molecule has 5 atom stereocenters. The summed E-state index contributed by atoms with van der Waals surface area (Å²) in [7, 11) is 0. The molecule has 0 fully saturated rings. The van der Waals surface area contributed by atoms with Gasteiger partial charge in [0, 0.05) is 29.9 Å². The van der Waals surface area contributed by atoms with Crippen LogP contribution in [-0.4, -0.2) is 74.1 Å². The van der Waals surface area contributed by atoms with Crippen LogP contribution in [0, 0.1) is 5.92 Å². The number of aromatic hydroxyl groups is 1. The van der Waals surface area contributed by atoms with Crippen LogP contribution in [0.4, 0.5) is 0 Å². The number of H-pyrrole nitrogens is 1. The van der Waals surface area contributed by atoms with Gasteiger partial charge >= 0.3 is 11.9 Å². The molecule has 0 radical (unpaired) electrons. The van der Waals surface area contributed by atoms with Crippen LogP contribution in [0.25, 0.3) is 10.9 Å². The molecular formula is C31H39N5O8. The Morgan fingerprint density at radius 1 is 0.864 bits per heavy atom. The van der Waals surface area contributed by atoms with E-state index in [0.29, 0.717) is 17.5 Å². The molecule has 0 spiro atoms. The molecule has 0 saturated carbocycles. The number of nitrogens with two attached hydrogens (primary N) is 1. The Balaban J connectivity index is 1.85. The number of benzene rings is 2. The van der Waals surface area contributed by atoms with Crippen LogP contribution < -0.4 is 21.7 Å². The van der Waals surface area contributed by atoms with E-state index in [-0.39, 0.29) is 25.0 Å². The van der Waals surface area contributed by atoms with Gasteiger partial charge in [-0.15, -0.1) is 0 Å². The monoisotopic (exact) mass is 609 g/mol. The summed E-state index contributed by atoms with van der Waals surface area (Å²) in [5, 5.41) is 36.8. The van der Waals surface area contributed by atoms with Crippen molar-refractivity contribution in [1.82, 2.24) is 20.9 Å². The first-order valence-corrected chi connectivity index (χ1v) is 14.3. The molecule has 3 aromatic rings. The number of rotatable bonds is 16. The summed E-state index contributed by atoms with van der Waals surface area (Å²) in [4.78, 5) is 66.3. The molecule has 1 aromatic heterocycles. The molecule has 1 heterocycles. The maximum absolute atomic E-state index is 13.7. The average Bonchev–Trinajstić information content (AvgIpc) is 3.40. The van der Waals surface area contributed by atoms with Gasteiger partial charge in [-0.05, 0) is 48.1 Å². The van der Waals surface area contributed by atoms with Gasteiger partial charge in [0.05, 0.1) is 6.04 Å². The summed E-state index contributed by atoms with van der Waals surface area (Å²) in [6.45, 7) is 3.42. The number of aromatic nitrogens is 1. The highest BCUT2D eigenvalue weighted by atomic mass is 16.4. The lowest BCUT2D eigenvalue weighted by Crippen LogP contribution is -2.58. The molecule has 0 saturated heterocycles. The van der Waals surface area contributed by atoms with Gasteiger partial charge in [0.25, 0.3) is 0 Å². The lowest BCUT2D eigenvalue weighted by Gasteiger charge is -2.26. The normalized spacial score (nSPS) is 14.5. The molecule has 236 valence electrons. The Kier molecular flexibility index (Phi) is 11.9. The van der Waals surface area contributed by atoms with Gasteiger partial charge in [0.15, 0.2) is 0 Å². The predicted molar refractivity (Wildman–Crippen MR) is 162 cm³/mol. The molecule has 13 heteroatoms. The quantitative estimate of drug-likeness (QED) is 0.117. The van der Waals surface area contributed by atoms with Gasteiger partial charge in [-0.2, -0.15) is 0 Å². The van der Waals surface area contributed by atoms with Crippen LogP contribution in [-0.2, 0) is 36.8 Å². The van der Waals surface area contributed by atoms with E-state index in [0.717, 1.165) is 10.9 Å². The van der Waals surface area contributed by atoms with E-state index in [4.69, 9.17) is 5.73 Å². The highest BCUT2D eigenvalue weighted by Gasteiger charge is 2.32. The molecule has 13 nitrogen and oxygen atoms in total. The molecular weight excluding hydrogens is 570 g/mol. The van der Waals surface area contributed by atoms with Crippen molar-refractivity contribution in [3.63, 3.8) is 0 Å². The number of para-hydroxylation sites is 1. The number of amides is 3. The minimum atomic E-state index is -1.39. The standard InChI is InChI=1S/C31H39N5O8/c1-3-17(2)27(31(43)44)36-29(41)24(12-13-26(38)39)34-30(42)25(15-19-16-33-23-7-5-4-6-21(19)23)35-28(40)22(32)14-18-8-10-20(37)11-9-18/h4-11,16-17,22,24-25,27,33,37H,3,12-15,32H2,1-2H3,(H,34,42)(H,35,40)(H,36,41)(H,38,39)(H,43,44). The van der Waals surface area contributed by atoms with Crippen molar-refractivity contribution < 1.29 is 39.3 Å². The van der Waals surface area contributed by atoms with Crippen molar-refractivity contribution >= 4 is 40.6 Å². The van der Waals surface area contributed by atoms with Crippen LogP contribution in [0.15, 0.2) is 54.7 Å². The molecule has 5 unspecified atom stereocenters. The molecule has 2 aromatic carbocycles. The fourth-order valence-corrected chi connectivity index (χ4v) is 4.73. The fraction of sp³-hybridized carbons (Fsp3) is 0.387. The summed E-state index contributed by atoms with van der Waals surface area (Å²) < 4.78 is 0. The van der Waals surface area contributed by atoms with E-state index < -0.39 is 66.2 Å². The minimum Gasteiger partial charge on any atom is -0.508 e. The molecule has 0 aliphatic rings. The zero-order chi connectivity index (χ0) is 32.4. The third-order valence-electron chi connectivity index (χ3n) is 7.52. The first-order chi connectivity index (χ1) is 20.9. The number of fused-ring (bicyclic) bond motifs is 1. The van der Waals surface area contributed by atoms with Crippen LogP contribution in [0.3, 0.4) is 0 Å². The predicted octanol–water partition coefficient (Wildman–Crippen LogP) is 1.44. The van der Waals surface area contributed by atoms with Gasteiger partial charge in [0.1, 0.15) is 23.9 Å². The van der Waals surface area contributed by atoms with Gasteiger partial charge in [-0.3, -0.25) is 19.2 Å². The highest BCUT2D eigenvalue weighted by Crippen LogP contribution is 2.20. The molecule has 44 heavy (non-hydrogen) atoms. The number of aliphatic carboxylic acids is 2. The lowest BCUT2D eigenvalue weighted by molar-refractivity contribution is -0.144. The van der Waals surface area contributed by atoms with Gasteiger partial charge in [0.2, 0.25) is 17.7 Å². The summed E-state index contributed by atoms with van der Waals surface area (Å²) in [6.07, 6.45) is 1.48. The number of carboxylic acid groups (broad SMARTS) is 2. The van der Waals surface area contributed by atoms with Crippen molar-refractivity contribution in [3.8, 4) is 5.75 Å². The van der Waals surface area contributed by atoms with Crippen LogP contribution in [0.1, 0.15) is 44.2 Å². The second-order valence-corrected chi connectivity index (χ2v) is 10.8. The number of carbonyl (C=O) groups excluding carboxylic acids is 3. The SMILES string of the molecule is CCC(C)C(NC(=O)C(CCC(=O)O)NC(=O)C(Cc1c[nH]c2ccccc12)NC(=O)C(N)Cc1ccc(O)cc1)C(=O)O. The summed E-state index contributed by atoms with van der Waals surface area (Å²) in [5.74, 6) is -5.12. The first kappa shape index (κ1) is 33.6. The van der Waals surface area contributed by atoms with E-state index in [9.17, 15) is 39.3 Å². The Hall–Kier alpha value is -4.91. The second-order valence-electron chi connectivity index (χ2n) is 10.8. The summed E-state index contributed by atoms with van der Waals surface area (Å²) >= 11 is 0. The van der Waals surface area contributed by atoms with E-state index in [1.165, 1.54) is 12.1 Å². The minimum absolute atomic E-state index is 0.00536. The Morgan fingerprint density at radius 3 is 2.14 bits per heavy atom. The largest absolute Gasteiger partial charge is 0.508 e. The molecule has 3 amide bonds. The van der Waals surface area contributed by atoms with Gasteiger partial charge in [-0.25, -0.2) is 4.79 Å². The van der Waals surface area contributed by atoms with Crippen molar-refractivity contribution in [2.45, 2.75) is 70.1 Å². The number of carboxylic acids is 2. The van der Waals surface area contributed by atoms with Crippen molar-refractivity contribution in [2.75, 3.05) is 0 Å². The Morgan fingerprint density at radius 2 is 1.50 bits per heavy atom. The maximum atomic E-state index is 13.7. The number of phenols is 1. The topological polar surface area (TPSA) is 224 Å². The van der Waals surface area contributed by atoms with Crippen molar-refractivity contribution in [1.29, 1.82) is 0 Å². The third-order valence-corrected chi connectivity index (χ3v) is 7.52. The first-order valence-electron chi connectivity index (χ1n) is 14.3. The molecule has 9 N–H and O–H groups in total. The molecule has 3 rings (SSSR count). The molecule has 0 bridgehead atoms. The number of aromatic amines is 1. The summed E-state index contributed by atoms with van der Waals surface area (Å²) in [6, 6.07) is 8.60. The molecule has 0 aliphatic heterocycles. The van der Waals surface area contributed by atoms with Crippen LogP contribution >= 0.6 is 0 Å². The van der Waals surface area contributed by atoms with E-state index in [1.54, 1.807) is 32.2 Å². The smallest absolute Gasteiger partial charge is 0.326 e. The highest BCUT2D eigenvalue weighted by molar-refractivity contribution is 5.95. The lowest BCUT2D eigenvalue weighted by atomic mass is 9.98. The Bertz CT molecular complexity index is 1470. The van der Waals surface area contributed by atoms with E-state index in [1.807, 2.05) is 24.3 Å². The zero-order valence-corrected chi connectivity index (χ0v) is 24.6. The van der Waals surface area contributed by atoms with E-state index >= 15 is 0 Å². The van der Waals surface area contributed by atoms with E-state index in [2.05, 4.69) is 20.9 Å². The van der Waals surface area contributed by atoms with Gasteiger partial charge < -0.3 is 42.0 Å². The third kappa shape index (κ3) is 9.30. The summed E-state index contributed by atoms with van der Waals surface area (Å²) in [5.41, 5.74) is 8.34. The number of hydrogen-bond donors (Lipinski definition) is 8. The van der Waals surface area contributed by atoms with Crippen LogP contribution in [0.5, 0.6) is 5.75 Å².